The molecule has 4 nitrogen and oxygen atoms in total. The highest BCUT2D eigenvalue weighted by Gasteiger charge is 2.30. The van der Waals surface area contributed by atoms with Gasteiger partial charge in [-0.2, -0.15) is 13.2 Å². The molecule has 0 aliphatic rings. The van der Waals surface area contributed by atoms with Gasteiger partial charge in [-0.1, -0.05) is 11.6 Å². The summed E-state index contributed by atoms with van der Waals surface area (Å²) >= 11 is 5.97. The standard InChI is InChI=1S/C18H12ClF3N2O2/c1-10(25)24-9-15(14-8-12(19)4-7-16(14)24)17(26)23-13-5-2-11(3-6-13)18(20,21)22/h2-9H,1H3,(H,23,26). The van der Waals surface area contributed by atoms with Gasteiger partial charge >= 0.3 is 6.18 Å². The summed E-state index contributed by atoms with van der Waals surface area (Å²) in [5.74, 6) is -0.845. The van der Waals surface area contributed by atoms with Gasteiger partial charge in [-0.05, 0) is 42.5 Å². The van der Waals surface area contributed by atoms with E-state index in [0.29, 0.717) is 15.9 Å². The molecule has 0 spiro atoms. The minimum atomic E-state index is -4.45. The van der Waals surface area contributed by atoms with Gasteiger partial charge in [0.15, 0.2) is 0 Å². The molecule has 1 N–H and O–H groups in total. The highest BCUT2D eigenvalue weighted by molar-refractivity contribution is 6.31. The summed E-state index contributed by atoms with van der Waals surface area (Å²) in [6.07, 6.45) is -3.07. The average Bonchev–Trinajstić information content (AvgIpc) is 2.93. The number of halogens is 4. The maximum Gasteiger partial charge on any atom is 0.416 e. The van der Waals surface area contributed by atoms with E-state index in [1.54, 1.807) is 18.2 Å². The van der Waals surface area contributed by atoms with Crippen LogP contribution < -0.4 is 5.32 Å². The molecule has 0 unspecified atom stereocenters. The number of hydrogen-bond donors (Lipinski definition) is 1. The van der Waals surface area contributed by atoms with E-state index in [9.17, 15) is 22.8 Å². The zero-order chi connectivity index (χ0) is 19.1. The quantitative estimate of drug-likeness (QED) is 0.662. The molecule has 3 aromatic rings. The Labute approximate surface area is 151 Å². The molecule has 1 heterocycles. The fourth-order valence-electron chi connectivity index (χ4n) is 2.58. The molecule has 0 fully saturated rings. The van der Waals surface area contributed by atoms with Crippen molar-refractivity contribution in [3.05, 3.63) is 64.8 Å². The molecule has 0 aliphatic carbocycles. The summed E-state index contributed by atoms with van der Waals surface area (Å²) in [6, 6.07) is 8.86. The van der Waals surface area contributed by atoms with Crippen LogP contribution in [0.15, 0.2) is 48.7 Å². The third kappa shape index (κ3) is 3.43. The average molecular weight is 381 g/mol. The summed E-state index contributed by atoms with van der Waals surface area (Å²) in [6.45, 7) is 1.35. The number of nitrogens with zero attached hydrogens (tertiary/aromatic N) is 1. The molecular weight excluding hydrogens is 369 g/mol. The van der Waals surface area contributed by atoms with Gasteiger partial charge in [0.1, 0.15) is 0 Å². The smallest absolute Gasteiger partial charge is 0.322 e. The van der Waals surface area contributed by atoms with Crippen molar-refractivity contribution in [2.24, 2.45) is 0 Å². The van der Waals surface area contributed by atoms with E-state index in [0.717, 1.165) is 24.3 Å². The van der Waals surface area contributed by atoms with Crippen molar-refractivity contribution in [1.29, 1.82) is 0 Å². The molecule has 3 rings (SSSR count). The number of anilines is 1. The molecule has 0 saturated heterocycles. The van der Waals surface area contributed by atoms with Gasteiger partial charge in [0.05, 0.1) is 16.6 Å². The van der Waals surface area contributed by atoms with Gasteiger partial charge in [0.2, 0.25) is 5.91 Å². The third-order valence-electron chi connectivity index (χ3n) is 3.82. The number of rotatable bonds is 2. The molecule has 0 saturated carbocycles. The number of aromatic nitrogens is 1. The Morgan fingerprint density at radius 1 is 1.08 bits per heavy atom. The van der Waals surface area contributed by atoms with Crippen molar-refractivity contribution < 1.29 is 22.8 Å². The van der Waals surface area contributed by atoms with E-state index in [4.69, 9.17) is 11.6 Å². The maximum atomic E-state index is 12.6. The molecule has 0 aliphatic heterocycles. The number of hydrogen-bond acceptors (Lipinski definition) is 2. The van der Waals surface area contributed by atoms with Gasteiger partial charge in [-0.3, -0.25) is 14.2 Å². The van der Waals surface area contributed by atoms with Crippen LogP contribution in [0.3, 0.4) is 0 Å². The van der Waals surface area contributed by atoms with Crippen molar-refractivity contribution in [3.63, 3.8) is 0 Å². The Morgan fingerprint density at radius 3 is 2.31 bits per heavy atom. The van der Waals surface area contributed by atoms with E-state index in [2.05, 4.69) is 5.32 Å². The first-order valence-electron chi connectivity index (χ1n) is 7.47. The van der Waals surface area contributed by atoms with E-state index in [-0.39, 0.29) is 17.2 Å². The number of benzene rings is 2. The topological polar surface area (TPSA) is 51.1 Å². The van der Waals surface area contributed by atoms with Gasteiger partial charge in [-0.25, -0.2) is 0 Å². The molecule has 26 heavy (non-hydrogen) atoms. The zero-order valence-corrected chi connectivity index (χ0v) is 14.2. The largest absolute Gasteiger partial charge is 0.416 e. The number of carbonyl (C=O) groups excluding carboxylic acids is 2. The first-order valence-corrected chi connectivity index (χ1v) is 7.85. The van der Waals surface area contributed by atoms with Crippen molar-refractivity contribution >= 4 is 40.0 Å². The van der Waals surface area contributed by atoms with E-state index < -0.39 is 17.6 Å². The van der Waals surface area contributed by atoms with Crippen LogP contribution in [-0.2, 0) is 6.18 Å². The van der Waals surface area contributed by atoms with E-state index in [1.807, 2.05) is 0 Å². The highest BCUT2D eigenvalue weighted by atomic mass is 35.5. The molecule has 1 aromatic heterocycles. The van der Waals surface area contributed by atoms with Crippen LogP contribution in [0, 0.1) is 0 Å². The lowest BCUT2D eigenvalue weighted by molar-refractivity contribution is -0.137. The lowest BCUT2D eigenvalue weighted by Gasteiger charge is -2.08. The van der Waals surface area contributed by atoms with E-state index >= 15 is 0 Å². The number of alkyl halides is 3. The highest BCUT2D eigenvalue weighted by Crippen LogP contribution is 2.30. The summed E-state index contributed by atoms with van der Waals surface area (Å²) in [5.41, 5.74) is 0.0984. The first-order chi connectivity index (χ1) is 12.2. The Morgan fingerprint density at radius 2 is 1.73 bits per heavy atom. The molecule has 0 bridgehead atoms. The van der Waals surface area contributed by atoms with E-state index in [1.165, 1.54) is 17.7 Å². The van der Waals surface area contributed by atoms with Gasteiger partial charge < -0.3 is 5.32 Å². The minimum Gasteiger partial charge on any atom is -0.322 e. The summed E-state index contributed by atoms with van der Waals surface area (Å²) in [4.78, 5) is 24.3. The SMILES string of the molecule is CC(=O)n1cc(C(=O)Nc2ccc(C(F)(F)F)cc2)c2cc(Cl)ccc21. The maximum absolute atomic E-state index is 12.6. The Bertz CT molecular complexity index is 1010. The van der Waals surface area contributed by atoms with Crippen LogP contribution in [0.2, 0.25) is 5.02 Å². The van der Waals surface area contributed by atoms with Crippen LogP contribution >= 0.6 is 11.6 Å². The molecule has 1 amide bonds. The second kappa shape index (κ2) is 6.49. The van der Waals surface area contributed by atoms with Crippen LogP contribution in [0.5, 0.6) is 0 Å². The van der Waals surface area contributed by atoms with Gasteiger partial charge in [-0.15, -0.1) is 0 Å². The zero-order valence-electron chi connectivity index (χ0n) is 13.4. The summed E-state index contributed by atoms with van der Waals surface area (Å²) in [7, 11) is 0. The molecule has 2 aromatic carbocycles. The molecule has 8 heteroatoms. The number of amides is 1. The van der Waals surface area contributed by atoms with Crippen LogP contribution in [0.25, 0.3) is 10.9 Å². The summed E-state index contributed by atoms with van der Waals surface area (Å²) < 4.78 is 39.1. The van der Waals surface area contributed by atoms with Gasteiger partial charge in [0, 0.05) is 29.2 Å². The fraction of sp³-hybridized carbons (Fsp3) is 0.111. The third-order valence-corrected chi connectivity index (χ3v) is 4.06. The number of carbonyl (C=O) groups is 2. The van der Waals surface area contributed by atoms with Crippen molar-refractivity contribution in [3.8, 4) is 0 Å². The molecule has 0 radical (unpaired) electrons. The molecule has 134 valence electrons. The predicted octanol–water partition coefficient (Wildman–Crippen LogP) is 5.23. The first kappa shape index (κ1) is 18.0. The Balaban J connectivity index is 1.95. The second-order valence-electron chi connectivity index (χ2n) is 5.62. The number of fused-ring (bicyclic) bond motifs is 1. The normalized spacial score (nSPS) is 11.6. The monoisotopic (exact) mass is 380 g/mol. The molecular formula is C18H12ClF3N2O2. The molecule has 0 atom stereocenters. The lowest BCUT2D eigenvalue weighted by Crippen LogP contribution is -2.12. The van der Waals surface area contributed by atoms with Crippen molar-refractivity contribution in [1.82, 2.24) is 4.57 Å². The van der Waals surface area contributed by atoms with Crippen molar-refractivity contribution in [2.45, 2.75) is 13.1 Å². The Kier molecular flexibility index (Phi) is 4.50. The minimum absolute atomic E-state index is 0.192. The van der Waals surface area contributed by atoms with Crippen LogP contribution in [0.4, 0.5) is 18.9 Å². The second-order valence-corrected chi connectivity index (χ2v) is 6.06. The van der Waals surface area contributed by atoms with Gasteiger partial charge in [0.25, 0.3) is 5.91 Å². The van der Waals surface area contributed by atoms with Crippen molar-refractivity contribution in [2.75, 3.05) is 5.32 Å². The summed E-state index contributed by atoms with van der Waals surface area (Å²) in [5, 5.41) is 3.39. The number of nitrogens with one attached hydrogen (secondary N) is 1. The lowest BCUT2D eigenvalue weighted by atomic mass is 10.1. The fourth-order valence-corrected chi connectivity index (χ4v) is 2.76. The van der Waals surface area contributed by atoms with Crippen LogP contribution in [-0.4, -0.2) is 16.4 Å². The van der Waals surface area contributed by atoms with Crippen LogP contribution in [0.1, 0.15) is 27.6 Å². The Hall–Kier alpha value is -2.80. The predicted molar refractivity (Wildman–Crippen MR) is 92.6 cm³/mol.